The summed E-state index contributed by atoms with van der Waals surface area (Å²) in [6.45, 7) is 4.14. The Labute approximate surface area is 229 Å². The van der Waals surface area contributed by atoms with E-state index < -0.39 is 5.97 Å². The average Bonchev–Trinajstić information content (AvgIpc) is 2.85. The number of benzene rings is 3. The van der Waals surface area contributed by atoms with Crippen LogP contribution in [0.3, 0.4) is 0 Å². The molecule has 0 fully saturated rings. The highest BCUT2D eigenvalue weighted by molar-refractivity contribution is 9.10. The zero-order chi connectivity index (χ0) is 26.2. The maximum Gasteiger partial charge on any atom is 0.305 e. The van der Waals surface area contributed by atoms with Crippen LogP contribution in [0, 0.1) is 6.92 Å². The molecule has 36 heavy (non-hydrogen) atoms. The molecule has 0 heterocycles. The number of amides is 1. The van der Waals surface area contributed by atoms with Crippen molar-refractivity contribution in [2.24, 2.45) is 0 Å². The molecule has 1 amide bonds. The van der Waals surface area contributed by atoms with Crippen molar-refractivity contribution in [1.29, 1.82) is 0 Å². The number of carboxylic acid groups (broad SMARTS) is 1. The van der Waals surface area contributed by atoms with Crippen LogP contribution in [-0.2, 0) is 4.79 Å². The number of aliphatic carboxylic acids is 1. The van der Waals surface area contributed by atoms with Crippen LogP contribution in [0.5, 0.6) is 5.75 Å². The summed E-state index contributed by atoms with van der Waals surface area (Å²) in [4.78, 5) is 23.1. The van der Waals surface area contributed by atoms with Crippen molar-refractivity contribution in [3.63, 3.8) is 0 Å². The van der Waals surface area contributed by atoms with E-state index in [0.717, 1.165) is 34.0 Å². The van der Waals surface area contributed by atoms with Gasteiger partial charge in [0.1, 0.15) is 11.9 Å². The van der Waals surface area contributed by atoms with E-state index in [0.29, 0.717) is 21.4 Å². The van der Waals surface area contributed by atoms with E-state index >= 15 is 0 Å². The van der Waals surface area contributed by atoms with Gasteiger partial charge >= 0.3 is 5.97 Å². The number of halogens is 3. The summed E-state index contributed by atoms with van der Waals surface area (Å²) >= 11 is 16.2. The Bertz CT molecular complexity index is 1200. The highest BCUT2D eigenvalue weighted by atomic mass is 79.9. The Morgan fingerprint density at radius 1 is 1.03 bits per heavy atom. The molecule has 0 saturated carbocycles. The van der Waals surface area contributed by atoms with Gasteiger partial charge in [0.05, 0.1) is 10.9 Å². The van der Waals surface area contributed by atoms with Crippen molar-refractivity contribution in [1.82, 2.24) is 5.32 Å². The number of aryl methyl sites for hydroxylation is 1. The lowest BCUT2D eigenvalue weighted by molar-refractivity contribution is -0.136. The number of hydrogen-bond donors (Lipinski definition) is 2. The molecule has 0 aliphatic rings. The second-order valence-electron chi connectivity index (χ2n) is 8.54. The van der Waals surface area contributed by atoms with E-state index in [9.17, 15) is 9.59 Å². The maximum atomic E-state index is 12.4. The van der Waals surface area contributed by atoms with Gasteiger partial charge in [-0.1, -0.05) is 60.8 Å². The molecule has 190 valence electrons. The van der Waals surface area contributed by atoms with Gasteiger partial charge < -0.3 is 15.2 Å². The molecule has 2 atom stereocenters. The number of carboxylic acids is 1. The molecular weight excluding hydrogens is 565 g/mol. The summed E-state index contributed by atoms with van der Waals surface area (Å²) in [6, 6.07) is 18.7. The fraction of sp³-hybridized carbons (Fsp3) is 0.286. The molecule has 0 spiro atoms. The van der Waals surface area contributed by atoms with Crippen LogP contribution in [0.2, 0.25) is 10.0 Å². The molecule has 0 bridgehead atoms. The van der Waals surface area contributed by atoms with Crippen LogP contribution in [0.25, 0.3) is 0 Å². The zero-order valence-corrected chi connectivity index (χ0v) is 23.2. The summed E-state index contributed by atoms with van der Waals surface area (Å²) < 4.78 is 7.43. The molecule has 3 rings (SSSR count). The molecule has 2 N–H and O–H groups in total. The second-order valence-corrected chi connectivity index (χ2v) is 10.2. The minimum Gasteiger partial charge on any atom is -0.484 e. The number of ether oxygens (including phenoxy) is 1. The van der Waals surface area contributed by atoms with Crippen molar-refractivity contribution in [2.75, 3.05) is 6.54 Å². The first kappa shape index (κ1) is 28.0. The molecule has 8 heteroatoms. The summed E-state index contributed by atoms with van der Waals surface area (Å²) in [5.41, 5.74) is 3.41. The molecule has 0 saturated heterocycles. The highest BCUT2D eigenvalue weighted by Crippen LogP contribution is 2.41. The second kappa shape index (κ2) is 13.1. The Balaban J connectivity index is 1.94. The van der Waals surface area contributed by atoms with Gasteiger partial charge in [-0.25, -0.2) is 0 Å². The first-order chi connectivity index (χ1) is 17.2. The third-order valence-corrected chi connectivity index (χ3v) is 7.14. The van der Waals surface area contributed by atoms with Crippen LogP contribution in [0.4, 0.5) is 0 Å². The monoisotopic (exact) mass is 591 g/mol. The van der Waals surface area contributed by atoms with E-state index in [1.165, 1.54) is 0 Å². The molecule has 0 radical (unpaired) electrons. The van der Waals surface area contributed by atoms with Crippen LogP contribution >= 0.6 is 39.1 Å². The Morgan fingerprint density at radius 3 is 2.28 bits per heavy atom. The SMILES string of the molecule is CCC[C@H](c1ccc(C(=O)NCCC(=O)O)cc1)[C@@H](Oc1cc(Cl)c(C)cc1Br)c1ccc(Cl)cc1. The summed E-state index contributed by atoms with van der Waals surface area (Å²) in [5.74, 6) is -0.644. The van der Waals surface area contributed by atoms with Gasteiger partial charge in [0.2, 0.25) is 0 Å². The van der Waals surface area contributed by atoms with E-state index in [4.69, 9.17) is 33.0 Å². The smallest absolute Gasteiger partial charge is 0.305 e. The van der Waals surface area contributed by atoms with Crippen LogP contribution in [0.15, 0.2) is 65.1 Å². The quantitative estimate of drug-likeness (QED) is 0.237. The fourth-order valence-electron chi connectivity index (χ4n) is 3.96. The van der Waals surface area contributed by atoms with Crippen molar-refractivity contribution < 1.29 is 19.4 Å². The van der Waals surface area contributed by atoms with E-state index in [2.05, 4.69) is 28.2 Å². The summed E-state index contributed by atoms with van der Waals surface area (Å²) in [5, 5.41) is 12.7. The van der Waals surface area contributed by atoms with Gasteiger partial charge in [0, 0.05) is 34.1 Å². The Hall–Kier alpha value is -2.54. The van der Waals surface area contributed by atoms with Crippen LogP contribution in [0.1, 0.15) is 65.3 Å². The first-order valence-electron chi connectivity index (χ1n) is 11.7. The number of carbonyl (C=O) groups is 2. The topological polar surface area (TPSA) is 75.6 Å². The predicted octanol–water partition coefficient (Wildman–Crippen LogP) is 7.97. The van der Waals surface area contributed by atoms with E-state index in [-0.39, 0.29) is 30.9 Å². The molecule has 0 aliphatic carbocycles. The molecule has 0 aromatic heterocycles. The largest absolute Gasteiger partial charge is 0.484 e. The highest BCUT2D eigenvalue weighted by Gasteiger charge is 2.27. The van der Waals surface area contributed by atoms with Gasteiger partial charge in [-0.15, -0.1) is 0 Å². The lowest BCUT2D eigenvalue weighted by atomic mass is 9.85. The van der Waals surface area contributed by atoms with E-state index in [1.807, 2.05) is 55.5 Å². The number of carbonyl (C=O) groups excluding carboxylic acids is 1. The molecule has 3 aromatic rings. The number of hydrogen-bond acceptors (Lipinski definition) is 3. The minimum atomic E-state index is -0.956. The van der Waals surface area contributed by atoms with Crippen molar-refractivity contribution in [3.8, 4) is 5.75 Å². The van der Waals surface area contributed by atoms with Crippen LogP contribution in [-0.4, -0.2) is 23.5 Å². The fourth-order valence-corrected chi connectivity index (χ4v) is 4.79. The Morgan fingerprint density at radius 2 is 1.67 bits per heavy atom. The summed E-state index contributed by atoms with van der Waals surface area (Å²) in [6.07, 6.45) is 1.30. The third kappa shape index (κ3) is 7.48. The number of rotatable bonds is 11. The van der Waals surface area contributed by atoms with Gasteiger partial charge in [0.15, 0.2) is 0 Å². The third-order valence-electron chi connectivity index (χ3n) is 5.86. The zero-order valence-electron chi connectivity index (χ0n) is 20.1. The predicted molar refractivity (Wildman–Crippen MR) is 147 cm³/mol. The van der Waals surface area contributed by atoms with Crippen molar-refractivity contribution in [3.05, 3.63) is 97.4 Å². The van der Waals surface area contributed by atoms with Gasteiger partial charge in [-0.3, -0.25) is 9.59 Å². The van der Waals surface area contributed by atoms with Gasteiger partial charge in [-0.05, 0) is 76.3 Å². The number of nitrogens with one attached hydrogen (secondary N) is 1. The first-order valence-corrected chi connectivity index (χ1v) is 13.2. The van der Waals surface area contributed by atoms with Gasteiger partial charge in [-0.2, -0.15) is 0 Å². The average molecular weight is 593 g/mol. The minimum absolute atomic E-state index is 0.0210. The maximum absolute atomic E-state index is 12.4. The summed E-state index contributed by atoms with van der Waals surface area (Å²) in [7, 11) is 0. The standard InChI is InChI=1S/C28H28BrCl2NO4/c1-3-4-22(18-5-7-20(8-6-18)28(35)32-14-13-26(33)34)27(19-9-11-21(30)12-10-19)36-25-16-24(31)17(2)15-23(25)29/h5-12,15-16,22,27H,3-4,13-14H2,1-2H3,(H,32,35)(H,33,34)/t22-,27+/m1/s1. The molecule has 3 aromatic carbocycles. The molecular formula is C28H28BrCl2NO4. The van der Waals surface area contributed by atoms with E-state index in [1.54, 1.807) is 12.1 Å². The normalized spacial score (nSPS) is 12.6. The Kier molecular flexibility index (Phi) is 10.2. The van der Waals surface area contributed by atoms with Crippen LogP contribution < -0.4 is 10.1 Å². The van der Waals surface area contributed by atoms with Crippen molar-refractivity contribution in [2.45, 2.75) is 45.1 Å². The lowest BCUT2D eigenvalue weighted by Crippen LogP contribution is -2.26. The van der Waals surface area contributed by atoms with Crippen molar-refractivity contribution >= 4 is 51.0 Å². The van der Waals surface area contributed by atoms with Gasteiger partial charge in [0.25, 0.3) is 5.91 Å². The lowest BCUT2D eigenvalue weighted by Gasteiger charge is -2.29. The molecule has 0 aliphatic heterocycles. The molecule has 0 unspecified atom stereocenters. The molecule has 5 nitrogen and oxygen atoms in total.